The van der Waals surface area contributed by atoms with Crippen LogP contribution in [0.15, 0.2) is 0 Å². The SMILES string of the molecule is CC(=O)O[C@@H]1CC[C@@]2(C)[C@@H](C1)C[C@@H](OC(C)=O)[C@@H]1[C@@H]2CC[C@]2(C)[C@@H]([C@H](C)CCI)CC[C@@H]12. The Morgan fingerprint density at radius 1 is 0.938 bits per heavy atom. The number of halogens is 1. The highest BCUT2D eigenvalue weighted by Gasteiger charge is 2.63. The molecule has 4 rings (SSSR count). The fraction of sp³-hybridized carbons (Fsp3) is 0.926. The Hall–Kier alpha value is -0.330. The number of carbonyl (C=O) groups is 2. The summed E-state index contributed by atoms with van der Waals surface area (Å²) in [6.07, 6.45) is 10.5. The van der Waals surface area contributed by atoms with Gasteiger partial charge in [-0.25, -0.2) is 0 Å². The van der Waals surface area contributed by atoms with Crippen LogP contribution in [0, 0.1) is 46.3 Å². The van der Waals surface area contributed by atoms with Crippen LogP contribution in [0.3, 0.4) is 0 Å². The number of ether oxygens (including phenoxy) is 2. The van der Waals surface area contributed by atoms with E-state index in [9.17, 15) is 9.59 Å². The average Bonchev–Trinajstić information content (AvgIpc) is 3.05. The van der Waals surface area contributed by atoms with Crippen molar-refractivity contribution in [1.29, 1.82) is 0 Å². The monoisotopic (exact) mass is 558 g/mol. The molecule has 0 aromatic carbocycles. The lowest BCUT2D eigenvalue weighted by atomic mass is 9.43. The molecule has 0 spiro atoms. The second kappa shape index (κ2) is 9.37. The summed E-state index contributed by atoms with van der Waals surface area (Å²) in [5.74, 6) is 3.49. The average molecular weight is 559 g/mol. The van der Waals surface area contributed by atoms with Crippen molar-refractivity contribution >= 4 is 34.5 Å². The highest BCUT2D eigenvalue weighted by atomic mass is 127. The number of rotatable bonds is 5. The standard InChI is InChI=1S/C27H43IO4/c1-16(10-13-28)21-6-7-22-25-23(9-12-27(21,22)5)26(4)11-8-20(31-17(2)29)14-19(26)15-24(25)32-18(3)30/h16,19-25H,6-15H2,1-5H3/t16-,19+,20-,21-,22+,23+,24-,25+,26+,27-/m1/s1. The Kier molecular flexibility index (Phi) is 7.26. The van der Waals surface area contributed by atoms with Crippen LogP contribution in [-0.2, 0) is 19.1 Å². The Morgan fingerprint density at radius 2 is 1.59 bits per heavy atom. The quantitative estimate of drug-likeness (QED) is 0.217. The van der Waals surface area contributed by atoms with Crippen molar-refractivity contribution in [2.45, 2.75) is 105 Å². The molecule has 4 nitrogen and oxygen atoms in total. The minimum Gasteiger partial charge on any atom is -0.463 e. The summed E-state index contributed by atoms with van der Waals surface area (Å²) in [5.41, 5.74) is 0.647. The summed E-state index contributed by atoms with van der Waals surface area (Å²) in [5, 5.41) is 0. The van der Waals surface area contributed by atoms with Crippen molar-refractivity contribution in [3.05, 3.63) is 0 Å². The molecule has 182 valence electrons. The molecular formula is C27H43IO4. The summed E-state index contributed by atoms with van der Waals surface area (Å²) in [7, 11) is 0. The van der Waals surface area contributed by atoms with E-state index in [1.807, 2.05) is 0 Å². The normalized spacial score (nSPS) is 46.4. The molecule has 4 saturated carbocycles. The first kappa shape index (κ1) is 24.8. The van der Waals surface area contributed by atoms with E-state index in [1.165, 1.54) is 43.5 Å². The minimum atomic E-state index is -0.171. The smallest absolute Gasteiger partial charge is 0.302 e. The maximum Gasteiger partial charge on any atom is 0.302 e. The number of esters is 2. The van der Waals surface area contributed by atoms with Gasteiger partial charge in [0.1, 0.15) is 12.2 Å². The van der Waals surface area contributed by atoms with Gasteiger partial charge in [-0.3, -0.25) is 9.59 Å². The van der Waals surface area contributed by atoms with Gasteiger partial charge in [-0.15, -0.1) is 0 Å². The molecule has 4 fully saturated rings. The van der Waals surface area contributed by atoms with Crippen LogP contribution in [0.25, 0.3) is 0 Å². The second-order valence-corrected chi connectivity index (χ2v) is 13.1. The lowest BCUT2D eigenvalue weighted by Gasteiger charge is -2.62. The van der Waals surface area contributed by atoms with Gasteiger partial charge < -0.3 is 9.47 Å². The third kappa shape index (κ3) is 4.26. The molecule has 0 unspecified atom stereocenters. The Morgan fingerprint density at radius 3 is 2.25 bits per heavy atom. The van der Waals surface area contributed by atoms with Gasteiger partial charge in [-0.2, -0.15) is 0 Å². The van der Waals surface area contributed by atoms with Crippen molar-refractivity contribution in [2.75, 3.05) is 4.43 Å². The zero-order chi connectivity index (χ0) is 23.3. The first-order valence-electron chi connectivity index (χ1n) is 13.0. The topological polar surface area (TPSA) is 52.6 Å². The fourth-order valence-corrected chi connectivity index (χ4v) is 10.2. The van der Waals surface area contributed by atoms with E-state index in [0.717, 1.165) is 37.5 Å². The predicted octanol–water partition coefficient (Wildman–Crippen LogP) is 6.58. The number of alkyl halides is 1. The third-order valence-corrected chi connectivity index (χ3v) is 11.2. The van der Waals surface area contributed by atoms with Crippen LogP contribution >= 0.6 is 22.6 Å². The van der Waals surface area contributed by atoms with E-state index in [4.69, 9.17) is 9.47 Å². The molecule has 32 heavy (non-hydrogen) atoms. The molecule has 4 aliphatic rings. The highest BCUT2D eigenvalue weighted by Crippen LogP contribution is 2.68. The van der Waals surface area contributed by atoms with Crippen molar-refractivity contribution in [3.63, 3.8) is 0 Å². The summed E-state index contributed by atoms with van der Waals surface area (Å²) in [6.45, 7) is 10.7. The van der Waals surface area contributed by atoms with Gasteiger partial charge in [-0.1, -0.05) is 43.4 Å². The van der Waals surface area contributed by atoms with E-state index in [-0.39, 0.29) is 29.6 Å². The van der Waals surface area contributed by atoms with Gasteiger partial charge in [-0.05, 0) is 103 Å². The molecule has 0 aliphatic heterocycles. The van der Waals surface area contributed by atoms with E-state index in [2.05, 4.69) is 43.4 Å². The van der Waals surface area contributed by atoms with Gasteiger partial charge in [0.25, 0.3) is 0 Å². The van der Waals surface area contributed by atoms with Crippen molar-refractivity contribution < 1.29 is 19.1 Å². The van der Waals surface area contributed by atoms with E-state index in [1.54, 1.807) is 6.92 Å². The summed E-state index contributed by atoms with van der Waals surface area (Å²) >= 11 is 2.53. The molecule has 0 aromatic heterocycles. The predicted molar refractivity (Wildman–Crippen MR) is 134 cm³/mol. The van der Waals surface area contributed by atoms with Crippen LogP contribution in [-0.4, -0.2) is 28.6 Å². The maximum absolute atomic E-state index is 12.2. The van der Waals surface area contributed by atoms with Gasteiger partial charge >= 0.3 is 11.9 Å². The van der Waals surface area contributed by atoms with Crippen molar-refractivity contribution in [3.8, 4) is 0 Å². The van der Waals surface area contributed by atoms with E-state index < -0.39 is 0 Å². The zero-order valence-corrected chi connectivity index (χ0v) is 22.9. The van der Waals surface area contributed by atoms with Gasteiger partial charge in [0.2, 0.25) is 0 Å². The van der Waals surface area contributed by atoms with Crippen LogP contribution in [0.1, 0.15) is 92.4 Å². The zero-order valence-electron chi connectivity index (χ0n) is 20.7. The van der Waals surface area contributed by atoms with Crippen LogP contribution < -0.4 is 0 Å². The molecule has 10 atom stereocenters. The summed E-state index contributed by atoms with van der Waals surface area (Å²) in [4.78, 5) is 23.8. The molecule has 0 radical (unpaired) electrons. The number of hydrogen-bond acceptors (Lipinski definition) is 4. The van der Waals surface area contributed by atoms with Gasteiger partial charge in [0.15, 0.2) is 0 Å². The molecular weight excluding hydrogens is 515 g/mol. The lowest BCUT2D eigenvalue weighted by molar-refractivity contribution is -0.197. The number of fused-ring (bicyclic) bond motifs is 5. The van der Waals surface area contributed by atoms with E-state index in [0.29, 0.717) is 29.1 Å². The molecule has 0 amide bonds. The highest BCUT2D eigenvalue weighted by molar-refractivity contribution is 14.1. The maximum atomic E-state index is 12.2. The molecule has 5 heteroatoms. The van der Waals surface area contributed by atoms with Crippen LogP contribution in [0.4, 0.5) is 0 Å². The van der Waals surface area contributed by atoms with E-state index >= 15 is 0 Å². The Bertz CT molecular complexity index is 724. The molecule has 0 aromatic rings. The van der Waals surface area contributed by atoms with Crippen LogP contribution in [0.2, 0.25) is 0 Å². The summed E-state index contributed by atoms with van der Waals surface area (Å²) in [6, 6.07) is 0. The third-order valence-electron chi connectivity index (χ3n) is 10.6. The lowest BCUT2D eigenvalue weighted by Crippen LogP contribution is -2.59. The van der Waals surface area contributed by atoms with Gasteiger partial charge in [0.05, 0.1) is 0 Å². The number of hydrogen-bond donors (Lipinski definition) is 0. The largest absolute Gasteiger partial charge is 0.463 e. The molecule has 0 bridgehead atoms. The first-order valence-corrected chi connectivity index (χ1v) is 14.5. The molecule has 0 saturated heterocycles. The Labute approximate surface area is 208 Å². The minimum absolute atomic E-state index is 0.0231. The Balaban J connectivity index is 1.62. The van der Waals surface area contributed by atoms with Crippen LogP contribution in [0.5, 0.6) is 0 Å². The van der Waals surface area contributed by atoms with Gasteiger partial charge in [0, 0.05) is 19.8 Å². The molecule has 0 N–H and O–H groups in total. The molecule has 4 aliphatic carbocycles. The van der Waals surface area contributed by atoms with Crippen molar-refractivity contribution in [1.82, 2.24) is 0 Å². The summed E-state index contributed by atoms with van der Waals surface area (Å²) < 4.78 is 13.0. The number of carbonyl (C=O) groups excluding carboxylic acids is 2. The second-order valence-electron chi connectivity index (χ2n) is 12.1. The first-order chi connectivity index (χ1) is 15.1. The van der Waals surface area contributed by atoms with Crippen molar-refractivity contribution in [2.24, 2.45) is 46.3 Å². The fourth-order valence-electron chi connectivity index (χ4n) is 9.18. The molecule has 0 heterocycles.